The molecule has 0 atom stereocenters. The van der Waals surface area contributed by atoms with Crippen molar-refractivity contribution in [3.63, 3.8) is 0 Å². The van der Waals surface area contributed by atoms with Crippen molar-refractivity contribution in [2.75, 3.05) is 0 Å². The molecule has 0 amide bonds. The van der Waals surface area contributed by atoms with Crippen LogP contribution >= 0.6 is 11.6 Å². The fourth-order valence-electron chi connectivity index (χ4n) is 2.37. The Kier molecular flexibility index (Phi) is 2.83. The average molecular weight is 223 g/mol. The summed E-state index contributed by atoms with van der Waals surface area (Å²) in [6.07, 6.45) is 3.79. The molecule has 0 spiro atoms. The van der Waals surface area contributed by atoms with Gasteiger partial charge in [0.1, 0.15) is 5.78 Å². The standard InChI is InChI=1S/C13H15ClO/c1-2-12(15)13(8-3-9-13)10-4-6-11(14)7-5-10/h4-7H,2-3,8-9H2,1H3. The second-order valence-corrected chi connectivity index (χ2v) is 4.66. The first kappa shape index (κ1) is 10.7. The van der Waals surface area contributed by atoms with Gasteiger partial charge in [-0.1, -0.05) is 37.1 Å². The summed E-state index contributed by atoms with van der Waals surface area (Å²) in [4.78, 5) is 12.0. The zero-order chi connectivity index (χ0) is 10.9. The summed E-state index contributed by atoms with van der Waals surface area (Å²) in [5.74, 6) is 0.371. The molecule has 1 aliphatic carbocycles. The average Bonchev–Trinajstić information content (AvgIpc) is 2.19. The smallest absolute Gasteiger partial charge is 0.143 e. The topological polar surface area (TPSA) is 17.1 Å². The third kappa shape index (κ3) is 1.69. The maximum atomic E-state index is 12.0. The lowest BCUT2D eigenvalue weighted by molar-refractivity contribution is -0.127. The molecule has 0 saturated heterocycles. The summed E-state index contributed by atoms with van der Waals surface area (Å²) in [5.41, 5.74) is 0.962. The van der Waals surface area contributed by atoms with E-state index in [0.717, 1.165) is 29.8 Å². The van der Waals surface area contributed by atoms with Crippen LogP contribution in [-0.2, 0) is 10.2 Å². The number of carbonyl (C=O) groups is 1. The monoisotopic (exact) mass is 222 g/mol. The van der Waals surface area contributed by atoms with Gasteiger partial charge in [0.2, 0.25) is 0 Å². The van der Waals surface area contributed by atoms with Crippen LogP contribution in [0, 0.1) is 0 Å². The number of carbonyl (C=O) groups excluding carboxylic acids is 1. The van der Waals surface area contributed by atoms with Crippen molar-refractivity contribution in [1.29, 1.82) is 0 Å². The third-order valence-corrected chi connectivity index (χ3v) is 3.71. The highest BCUT2D eigenvalue weighted by atomic mass is 35.5. The molecular weight excluding hydrogens is 208 g/mol. The lowest BCUT2D eigenvalue weighted by Crippen LogP contribution is -2.42. The fraction of sp³-hybridized carbons (Fsp3) is 0.462. The van der Waals surface area contributed by atoms with Crippen LogP contribution in [0.25, 0.3) is 0 Å². The summed E-state index contributed by atoms with van der Waals surface area (Å²) in [5, 5.41) is 0.733. The first-order chi connectivity index (χ1) is 7.19. The van der Waals surface area contributed by atoms with Crippen molar-refractivity contribution in [1.82, 2.24) is 0 Å². The van der Waals surface area contributed by atoms with Crippen LogP contribution in [0.2, 0.25) is 5.02 Å². The number of hydrogen-bond acceptors (Lipinski definition) is 1. The summed E-state index contributed by atoms with van der Waals surface area (Å²) < 4.78 is 0. The Balaban J connectivity index is 2.34. The highest BCUT2D eigenvalue weighted by molar-refractivity contribution is 6.30. The van der Waals surface area contributed by atoms with Gasteiger partial charge in [-0.25, -0.2) is 0 Å². The number of hydrogen-bond donors (Lipinski definition) is 0. The maximum absolute atomic E-state index is 12.0. The highest BCUT2D eigenvalue weighted by Gasteiger charge is 2.43. The van der Waals surface area contributed by atoms with E-state index in [-0.39, 0.29) is 5.41 Å². The Bertz CT molecular complexity index is 363. The SMILES string of the molecule is CCC(=O)C1(c2ccc(Cl)cc2)CCC1. The fourth-order valence-corrected chi connectivity index (χ4v) is 2.49. The minimum absolute atomic E-state index is 0.181. The molecule has 1 nitrogen and oxygen atoms in total. The molecule has 1 aromatic carbocycles. The molecule has 80 valence electrons. The maximum Gasteiger partial charge on any atom is 0.143 e. The number of Topliss-reactive ketones (excluding diaryl/α,β-unsaturated/α-hetero) is 1. The summed E-state index contributed by atoms with van der Waals surface area (Å²) in [6, 6.07) is 7.74. The zero-order valence-electron chi connectivity index (χ0n) is 8.92. The van der Waals surface area contributed by atoms with Crippen molar-refractivity contribution < 1.29 is 4.79 Å². The van der Waals surface area contributed by atoms with Gasteiger partial charge in [-0.2, -0.15) is 0 Å². The van der Waals surface area contributed by atoms with E-state index < -0.39 is 0 Å². The lowest BCUT2D eigenvalue weighted by atomic mass is 9.61. The van der Waals surface area contributed by atoms with E-state index in [0.29, 0.717) is 12.2 Å². The molecule has 15 heavy (non-hydrogen) atoms. The Hall–Kier alpha value is -0.820. The van der Waals surface area contributed by atoms with Crippen molar-refractivity contribution in [2.45, 2.75) is 38.0 Å². The molecule has 0 heterocycles. The number of benzene rings is 1. The van der Waals surface area contributed by atoms with E-state index in [4.69, 9.17) is 11.6 Å². The molecule has 0 radical (unpaired) electrons. The van der Waals surface area contributed by atoms with Gasteiger partial charge in [0, 0.05) is 11.4 Å². The molecule has 2 rings (SSSR count). The van der Waals surface area contributed by atoms with Gasteiger partial charge in [0.05, 0.1) is 5.41 Å². The van der Waals surface area contributed by atoms with Crippen LogP contribution in [0.1, 0.15) is 38.2 Å². The predicted octanol–water partition coefficient (Wildman–Crippen LogP) is 3.74. The van der Waals surface area contributed by atoms with Gasteiger partial charge in [-0.15, -0.1) is 0 Å². The van der Waals surface area contributed by atoms with E-state index in [2.05, 4.69) is 0 Å². The quantitative estimate of drug-likeness (QED) is 0.762. The van der Waals surface area contributed by atoms with E-state index in [1.54, 1.807) is 0 Å². The second kappa shape index (κ2) is 3.97. The first-order valence-electron chi connectivity index (χ1n) is 5.48. The third-order valence-electron chi connectivity index (χ3n) is 3.46. The van der Waals surface area contributed by atoms with E-state index in [9.17, 15) is 4.79 Å². The van der Waals surface area contributed by atoms with Crippen LogP contribution in [0.3, 0.4) is 0 Å². The molecule has 0 aromatic heterocycles. The van der Waals surface area contributed by atoms with Crippen molar-refractivity contribution in [2.24, 2.45) is 0 Å². The Morgan fingerprint density at radius 1 is 1.33 bits per heavy atom. The largest absolute Gasteiger partial charge is 0.299 e. The molecule has 0 bridgehead atoms. The van der Waals surface area contributed by atoms with Crippen LogP contribution < -0.4 is 0 Å². The first-order valence-corrected chi connectivity index (χ1v) is 5.86. The lowest BCUT2D eigenvalue weighted by Gasteiger charge is -2.40. The van der Waals surface area contributed by atoms with Crippen LogP contribution in [0.5, 0.6) is 0 Å². The van der Waals surface area contributed by atoms with Crippen LogP contribution in [-0.4, -0.2) is 5.78 Å². The Labute approximate surface area is 95.4 Å². The van der Waals surface area contributed by atoms with Crippen LogP contribution in [0.15, 0.2) is 24.3 Å². The van der Waals surface area contributed by atoms with E-state index in [1.807, 2.05) is 31.2 Å². The van der Waals surface area contributed by atoms with Gasteiger partial charge in [-0.3, -0.25) is 4.79 Å². The summed E-state index contributed by atoms with van der Waals surface area (Å²) in [6.45, 7) is 1.94. The van der Waals surface area contributed by atoms with Crippen LogP contribution in [0.4, 0.5) is 0 Å². The number of rotatable bonds is 3. The van der Waals surface area contributed by atoms with Gasteiger partial charge >= 0.3 is 0 Å². The predicted molar refractivity (Wildman–Crippen MR) is 62.3 cm³/mol. The van der Waals surface area contributed by atoms with Crippen molar-refractivity contribution in [3.8, 4) is 0 Å². The number of ketones is 1. The molecule has 0 N–H and O–H groups in total. The molecule has 2 heteroatoms. The molecule has 1 fully saturated rings. The zero-order valence-corrected chi connectivity index (χ0v) is 9.68. The molecule has 0 unspecified atom stereocenters. The minimum atomic E-state index is -0.181. The molecule has 0 aliphatic heterocycles. The molecule has 1 saturated carbocycles. The second-order valence-electron chi connectivity index (χ2n) is 4.22. The van der Waals surface area contributed by atoms with E-state index >= 15 is 0 Å². The Morgan fingerprint density at radius 2 is 1.93 bits per heavy atom. The Morgan fingerprint density at radius 3 is 2.33 bits per heavy atom. The van der Waals surface area contributed by atoms with Crippen molar-refractivity contribution >= 4 is 17.4 Å². The van der Waals surface area contributed by atoms with Gasteiger partial charge < -0.3 is 0 Å². The minimum Gasteiger partial charge on any atom is -0.299 e. The highest BCUT2D eigenvalue weighted by Crippen LogP contribution is 2.45. The summed E-state index contributed by atoms with van der Waals surface area (Å²) in [7, 11) is 0. The molecular formula is C13H15ClO. The van der Waals surface area contributed by atoms with E-state index in [1.165, 1.54) is 0 Å². The van der Waals surface area contributed by atoms with Gasteiger partial charge in [-0.05, 0) is 30.5 Å². The summed E-state index contributed by atoms with van der Waals surface area (Å²) >= 11 is 5.85. The molecule has 1 aromatic rings. The number of halogens is 1. The van der Waals surface area contributed by atoms with Gasteiger partial charge in [0.15, 0.2) is 0 Å². The van der Waals surface area contributed by atoms with Gasteiger partial charge in [0.25, 0.3) is 0 Å². The normalized spacial score (nSPS) is 18.3. The molecule has 1 aliphatic rings. The van der Waals surface area contributed by atoms with Crippen molar-refractivity contribution in [3.05, 3.63) is 34.9 Å².